The van der Waals surface area contributed by atoms with Gasteiger partial charge in [-0.25, -0.2) is 0 Å². The molecular formula is C12H19NO. The first kappa shape index (κ1) is 11.2. The van der Waals surface area contributed by atoms with E-state index in [0.29, 0.717) is 0 Å². The fraction of sp³-hybridized carbons (Fsp3) is 0.500. The summed E-state index contributed by atoms with van der Waals surface area (Å²) in [5.74, 6) is 0. The van der Waals surface area contributed by atoms with Crippen molar-refractivity contribution in [1.29, 1.82) is 0 Å². The van der Waals surface area contributed by atoms with Crippen molar-refractivity contribution in [2.24, 2.45) is 0 Å². The van der Waals surface area contributed by atoms with Gasteiger partial charge in [0.1, 0.15) is 0 Å². The van der Waals surface area contributed by atoms with E-state index < -0.39 is 0 Å². The molecule has 0 amide bonds. The van der Waals surface area contributed by atoms with Gasteiger partial charge in [-0.05, 0) is 24.9 Å². The van der Waals surface area contributed by atoms with Crippen LogP contribution >= 0.6 is 0 Å². The van der Waals surface area contributed by atoms with Gasteiger partial charge in [-0.15, -0.1) is 0 Å². The molecule has 2 heteroatoms. The monoisotopic (exact) mass is 193 g/mol. The van der Waals surface area contributed by atoms with Crippen LogP contribution in [0.15, 0.2) is 30.3 Å². The van der Waals surface area contributed by atoms with Gasteiger partial charge in [-0.3, -0.25) is 0 Å². The maximum atomic E-state index is 8.96. The van der Waals surface area contributed by atoms with Gasteiger partial charge in [0.05, 0.1) is 6.61 Å². The van der Waals surface area contributed by atoms with Gasteiger partial charge in [0.25, 0.3) is 0 Å². The molecule has 1 atom stereocenters. The minimum absolute atomic E-state index is 0.227. The number of aliphatic hydroxyl groups excluding tert-OH is 1. The van der Waals surface area contributed by atoms with E-state index in [1.807, 2.05) is 6.07 Å². The summed E-state index contributed by atoms with van der Waals surface area (Å²) in [6.07, 6.45) is 2.00. The topological polar surface area (TPSA) is 32.3 Å². The van der Waals surface area contributed by atoms with Crippen LogP contribution in [0.2, 0.25) is 0 Å². The van der Waals surface area contributed by atoms with E-state index in [1.165, 1.54) is 5.56 Å². The van der Waals surface area contributed by atoms with Gasteiger partial charge in [-0.1, -0.05) is 37.3 Å². The Morgan fingerprint density at radius 1 is 1.29 bits per heavy atom. The SMILES string of the molecule is CC[C@@H](CO)NCCc1ccccc1. The van der Waals surface area contributed by atoms with Crippen LogP contribution in [0.3, 0.4) is 0 Å². The Balaban J connectivity index is 2.21. The van der Waals surface area contributed by atoms with Gasteiger partial charge in [0.15, 0.2) is 0 Å². The summed E-state index contributed by atoms with van der Waals surface area (Å²) in [6.45, 7) is 3.24. The fourth-order valence-corrected chi connectivity index (χ4v) is 1.40. The summed E-state index contributed by atoms with van der Waals surface area (Å²) < 4.78 is 0. The van der Waals surface area contributed by atoms with Crippen molar-refractivity contribution in [3.63, 3.8) is 0 Å². The summed E-state index contributed by atoms with van der Waals surface area (Å²) >= 11 is 0. The van der Waals surface area contributed by atoms with Crippen LogP contribution in [0.5, 0.6) is 0 Å². The number of hydrogen-bond acceptors (Lipinski definition) is 2. The minimum Gasteiger partial charge on any atom is -0.395 e. The van der Waals surface area contributed by atoms with Crippen molar-refractivity contribution in [3.8, 4) is 0 Å². The highest BCUT2D eigenvalue weighted by atomic mass is 16.3. The predicted octanol–water partition coefficient (Wildman–Crippen LogP) is 1.59. The Hall–Kier alpha value is -0.860. The van der Waals surface area contributed by atoms with E-state index in [4.69, 9.17) is 5.11 Å². The first-order valence-electron chi connectivity index (χ1n) is 5.25. The molecule has 0 saturated heterocycles. The average molecular weight is 193 g/mol. The minimum atomic E-state index is 0.227. The van der Waals surface area contributed by atoms with Crippen LogP contribution in [-0.4, -0.2) is 24.3 Å². The predicted molar refractivity (Wildman–Crippen MR) is 59.3 cm³/mol. The Kier molecular flexibility index (Phi) is 5.27. The molecule has 2 N–H and O–H groups in total. The highest BCUT2D eigenvalue weighted by molar-refractivity contribution is 5.14. The van der Waals surface area contributed by atoms with Crippen molar-refractivity contribution >= 4 is 0 Å². The van der Waals surface area contributed by atoms with E-state index in [1.54, 1.807) is 0 Å². The van der Waals surface area contributed by atoms with E-state index in [9.17, 15) is 0 Å². The van der Waals surface area contributed by atoms with Crippen molar-refractivity contribution in [3.05, 3.63) is 35.9 Å². The van der Waals surface area contributed by atoms with E-state index >= 15 is 0 Å². The molecule has 0 heterocycles. The molecular weight excluding hydrogens is 174 g/mol. The molecule has 0 aliphatic heterocycles. The maximum absolute atomic E-state index is 8.96. The summed E-state index contributed by atoms with van der Waals surface area (Å²) in [4.78, 5) is 0. The molecule has 1 aromatic carbocycles. The number of hydrogen-bond donors (Lipinski definition) is 2. The molecule has 0 aromatic heterocycles. The zero-order valence-electron chi connectivity index (χ0n) is 8.74. The van der Waals surface area contributed by atoms with E-state index in [2.05, 4.69) is 36.5 Å². The lowest BCUT2D eigenvalue weighted by Crippen LogP contribution is -2.33. The Bertz CT molecular complexity index is 231. The van der Waals surface area contributed by atoms with Gasteiger partial charge in [0.2, 0.25) is 0 Å². The second kappa shape index (κ2) is 6.57. The molecule has 1 rings (SSSR count). The zero-order valence-corrected chi connectivity index (χ0v) is 8.74. The quantitative estimate of drug-likeness (QED) is 0.719. The standard InChI is InChI=1S/C12H19NO/c1-2-12(10-14)13-9-8-11-6-4-3-5-7-11/h3-7,12-14H,2,8-10H2,1H3/t12-/m0/s1. The molecule has 0 saturated carbocycles. The summed E-state index contributed by atoms with van der Waals surface area (Å²) in [6, 6.07) is 10.6. The smallest absolute Gasteiger partial charge is 0.0584 e. The average Bonchev–Trinajstić information content (AvgIpc) is 2.26. The normalized spacial score (nSPS) is 12.7. The number of nitrogens with one attached hydrogen (secondary N) is 1. The Morgan fingerprint density at radius 2 is 2.00 bits per heavy atom. The first-order valence-corrected chi connectivity index (χ1v) is 5.25. The van der Waals surface area contributed by atoms with Crippen LogP contribution < -0.4 is 5.32 Å². The summed E-state index contributed by atoms with van der Waals surface area (Å²) in [5, 5.41) is 12.3. The van der Waals surface area contributed by atoms with Crippen molar-refractivity contribution in [1.82, 2.24) is 5.32 Å². The van der Waals surface area contributed by atoms with Crippen LogP contribution in [0.25, 0.3) is 0 Å². The second-order valence-electron chi connectivity index (χ2n) is 3.48. The number of rotatable bonds is 6. The van der Waals surface area contributed by atoms with E-state index in [0.717, 1.165) is 19.4 Å². The third kappa shape index (κ3) is 3.90. The van der Waals surface area contributed by atoms with Crippen molar-refractivity contribution in [2.45, 2.75) is 25.8 Å². The van der Waals surface area contributed by atoms with Crippen LogP contribution in [0.4, 0.5) is 0 Å². The molecule has 0 unspecified atom stereocenters. The third-order valence-corrected chi connectivity index (χ3v) is 2.40. The highest BCUT2D eigenvalue weighted by Crippen LogP contribution is 1.98. The number of benzene rings is 1. The molecule has 14 heavy (non-hydrogen) atoms. The van der Waals surface area contributed by atoms with Crippen molar-refractivity contribution in [2.75, 3.05) is 13.2 Å². The van der Waals surface area contributed by atoms with E-state index in [-0.39, 0.29) is 12.6 Å². The molecule has 0 spiro atoms. The van der Waals surface area contributed by atoms with Gasteiger partial charge in [0, 0.05) is 6.04 Å². The third-order valence-electron chi connectivity index (χ3n) is 2.40. The first-order chi connectivity index (χ1) is 6.86. The molecule has 0 aliphatic carbocycles. The Labute approximate surface area is 86.0 Å². The van der Waals surface area contributed by atoms with Gasteiger partial charge < -0.3 is 10.4 Å². The van der Waals surface area contributed by atoms with Crippen LogP contribution in [0.1, 0.15) is 18.9 Å². The van der Waals surface area contributed by atoms with Crippen LogP contribution in [-0.2, 0) is 6.42 Å². The zero-order chi connectivity index (χ0) is 10.2. The lowest BCUT2D eigenvalue weighted by molar-refractivity contribution is 0.240. The van der Waals surface area contributed by atoms with Crippen molar-refractivity contribution < 1.29 is 5.11 Å². The molecule has 1 aromatic rings. The Morgan fingerprint density at radius 3 is 2.57 bits per heavy atom. The fourth-order valence-electron chi connectivity index (χ4n) is 1.40. The molecule has 0 radical (unpaired) electrons. The second-order valence-corrected chi connectivity index (χ2v) is 3.48. The summed E-state index contributed by atoms with van der Waals surface area (Å²) in [7, 11) is 0. The maximum Gasteiger partial charge on any atom is 0.0584 e. The van der Waals surface area contributed by atoms with Gasteiger partial charge >= 0.3 is 0 Å². The number of aliphatic hydroxyl groups is 1. The lowest BCUT2D eigenvalue weighted by Gasteiger charge is -2.13. The molecule has 0 aliphatic rings. The molecule has 2 nitrogen and oxygen atoms in total. The lowest BCUT2D eigenvalue weighted by atomic mass is 10.1. The van der Waals surface area contributed by atoms with Gasteiger partial charge in [-0.2, -0.15) is 0 Å². The summed E-state index contributed by atoms with van der Waals surface area (Å²) in [5.41, 5.74) is 1.34. The largest absolute Gasteiger partial charge is 0.395 e. The molecule has 0 bridgehead atoms. The molecule has 78 valence electrons. The molecule has 0 fully saturated rings. The van der Waals surface area contributed by atoms with Crippen LogP contribution in [0, 0.1) is 0 Å². The highest BCUT2D eigenvalue weighted by Gasteiger charge is 2.01.